The maximum Gasteiger partial charge on any atom is 0.405 e. The van der Waals surface area contributed by atoms with Gasteiger partial charge in [-0.05, 0) is 31.4 Å². The molecule has 244 valence electrons. The van der Waals surface area contributed by atoms with Gasteiger partial charge in [0.15, 0.2) is 5.12 Å². The fraction of sp³-hybridized carbons (Fsp3) is 0.571. The normalized spacial score (nSPS) is 20.8. The predicted octanol–water partition coefficient (Wildman–Crippen LogP) is 2.22. The van der Waals surface area contributed by atoms with Crippen molar-refractivity contribution >= 4 is 36.4 Å². The van der Waals surface area contributed by atoms with Gasteiger partial charge in [-0.25, -0.2) is 14.4 Å². The second-order valence-corrected chi connectivity index (χ2v) is 14.2. The number of esters is 1. The van der Waals surface area contributed by atoms with Crippen LogP contribution in [0.4, 0.5) is 5.82 Å². The Morgan fingerprint density at radius 3 is 2.59 bits per heavy atom. The van der Waals surface area contributed by atoms with Crippen LogP contribution in [0.2, 0.25) is 0 Å². The Bertz CT molecular complexity index is 1360. The highest BCUT2D eigenvalue weighted by molar-refractivity contribution is 8.13. The molecule has 1 fully saturated rings. The quantitative estimate of drug-likeness (QED) is 0.116. The van der Waals surface area contributed by atoms with E-state index < -0.39 is 49.3 Å². The lowest BCUT2D eigenvalue weighted by atomic mass is 9.97. The minimum absolute atomic E-state index is 0.0392. The first-order valence-electron chi connectivity index (χ1n) is 14.2. The van der Waals surface area contributed by atoms with E-state index in [1.54, 1.807) is 27.7 Å². The summed E-state index contributed by atoms with van der Waals surface area (Å²) in [6, 6.07) is 9.71. The van der Waals surface area contributed by atoms with E-state index in [9.17, 15) is 24.1 Å². The molecule has 0 amide bonds. The zero-order chi connectivity index (χ0) is 32.5. The van der Waals surface area contributed by atoms with Gasteiger partial charge in [0.25, 0.3) is 0 Å². The van der Waals surface area contributed by atoms with E-state index in [1.807, 2.05) is 30.3 Å². The van der Waals surface area contributed by atoms with Crippen LogP contribution in [-0.4, -0.2) is 69.6 Å². The van der Waals surface area contributed by atoms with Gasteiger partial charge in [0.05, 0.1) is 25.2 Å². The van der Waals surface area contributed by atoms with Crippen molar-refractivity contribution < 1.29 is 37.8 Å². The number of nitrogens with zero attached hydrogens (tertiary/aromatic N) is 2. The molecule has 0 bridgehead atoms. The molecule has 6 N–H and O–H groups in total. The van der Waals surface area contributed by atoms with Crippen molar-refractivity contribution in [3.05, 3.63) is 58.6 Å². The molecule has 2 aromatic rings. The van der Waals surface area contributed by atoms with Gasteiger partial charge in [-0.3, -0.25) is 23.2 Å². The summed E-state index contributed by atoms with van der Waals surface area (Å²) in [6.45, 7) is 6.19. The minimum Gasteiger partial charge on any atom is -0.458 e. The second-order valence-electron chi connectivity index (χ2n) is 11.3. The molecule has 14 nitrogen and oxygen atoms in total. The third-order valence-electron chi connectivity index (χ3n) is 6.85. The van der Waals surface area contributed by atoms with E-state index >= 15 is 0 Å². The van der Waals surface area contributed by atoms with Gasteiger partial charge < -0.3 is 26.0 Å². The lowest BCUT2D eigenvalue weighted by molar-refractivity contribution is -0.155. The Morgan fingerprint density at radius 2 is 1.95 bits per heavy atom. The highest BCUT2D eigenvalue weighted by Crippen LogP contribution is 2.45. The monoisotopic (exact) mass is 655 g/mol. The van der Waals surface area contributed by atoms with Crippen LogP contribution in [0.15, 0.2) is 47.4 Å². The number of aliphatic hydroxyl groups excluding tert-OH is 1. The molecule has 1 aliphatic rings. The fourth-order valence-corrected chi connectivity index (χ4v) is 6.17. The van der Waals surface area contributed by atoms with Gasteiger partial charge in [-0.2, -0.15) is 4.98 Å². The van der Waals surface area contributed by atoms with Crippen LogP contribution in [-0.2, 0) is 39.2 Å². The first kappa shape index (κ1) is 35.9. The van der Waals surface area contributed by atoms with Gasteiger partial charge in [0.1, 0.15) is 30.3 Å². The maximum atomic E-state index is 13.9. The summed E-state index contributed by atoms with van der Waals surface area (Å²) in [5.74, 6) is -0.651. The Morgan fingerprint density at radius 1 is 1.25 bits per heavy atom. The number of nitrogen functional groups attached to an aromatic ring is 1. The number of hydrogen-bond donors (Lipinski definition) is 4. The van der Waals surface area contributed by atoms with Gasteiger partial charge in [-0.15, -0.1) is 0 Å². The SMILES string of the molecule is CC(C)C(N)C(=O)OC1C[C@@H](n2ccc(N)nc2=O)O[C@H]1COP(=O)(NCc1ccccc1)OCCSC(=O)C(C)(C)CO. The Hall–Kier alpha value is -2.62. The molecule has 1 aromatic carbocycles. The van der Waals surface area contributed by atoms with E-state index in [4.69, 9.17) is 30.0 Å². The summed E-state index contributed by atoms with van der Waals surface area (Å²) >= 11 is 0.949. The van der Waals surface area contributed by atoms with Gasteiger partial charge in [0.2, 0.25) is 0 Å². The van der Waals surface area contributed by atoms with Crippen LogP contribution in [0.5, 0.6) is 0 Å². The molecular formula is C28H42N5O9PS. The molecule has 0 radical (unpaired) electrons. The molecule has 1 aromatic heterocycles. The zero-order valence-corrected chi connectivity index (χ0v) is 27.0. The van der Waals surface area contributed by atoms with Gasteiger partial charge >= 0.3 is 19.4 Å². The molecule has 3 unspecified atom stereocenters. The Balaban J connectivity index is 1.75. The number of ether oxygens (including phenoxy) is 2. The standard InChI is InChI=1S/C28H42N5O9PS/c1-18(2)24(30)25(35)42-20-14-23(33-11-10-22(29)32-27(33)37)41-21(20)16-40-43(38,31-15-19-8-6-5-7-9-19)39-12-13-44-26(36)28(3,4)17-34/h5-11,18,20-21,23-24,34H,12-17,30H2,1-4H3,(H,31,38)(H2,29,32,37)/t20?,21-,23-,24?,43?/m0/s1. The summed E-state index contributed by atoms with van der Waals surface area (Å²) < 4.78 is 38.3. The number of benzene rings is 1. The zero-order valence-electron chi connectivity index (χ0n) is 25.3. The van der Waals surface area contributed by atoms with E-state index in [0.29, 0.717) is 0 Å². The molecule has 44 heavy (non-hydrogen) atoms. The molecule has 3 rings (SSSR count). The molecule has 0 aliphatic carbocycles. The summed E-state index contributed by atoms with van der Waals surface area (Å²) in [5, 5.41) is 12.0. The lowest BCUT2D eigenvalue weighted by Gasteiger charge is -2.25. The molecule has 0 saturated carbocycles. The highest BCUT2D eigenvalue weighted by Gasteiger charge is 2.42. The van der Waals surface area contributed by atoms with Crippen LogP contribution in [0.25, 0.3) is 0 Å². The number of carbonyl (C=O) groups is 2. The smallest absolute Gasteiger partial charge is 0.405 e. The average Bonchev–Trinajstić information content (AvgIpc) is 3.39. The summed E-state index contributed by atoms with van der Waals surface area (Å²) in [6.07, 6.45) is -1.25. The number of nitrogens with two attached hydrogens (primary N) is 2. The highest BCUT2D eigenvalue weighted by atomic mass is 32.2. The van der Waals surface area contributed by atoms with Crippen LogP contribution < -0.4 is 22.2 Å². The van der Waals surface area contributed by atoms with E-state index in [2.05, 4.69) is 10.1 Å². The number of thioether (sulfide) groups is 1. The molecule has 1 aliphatic heterocycles. The summed E-state index contributed by atoms with van der Waals surface area (Å²) in [5.41, 5.74) is 10.8. The van der Waals surface area contributed by atoms with Crippen LogP contribution in [0, 0.1) is 11.3 Å². The summed E-state index contributed by atoms with van der Waals surface area (Å²) in [7, 11) is -4.01. The molecule has 16 heteroatoms. The van der Waals surface area contributed by atoms with Crippen molar-refractivity contribution in [1.82, 2.24) is 14.6 Å². The molecule has 2 heterocycles. The number of carbonyl (C=O) groups excluding carboxylic acids is 2. The molecule has 5 atom stereocenters. The molecule has 0 spiro atoms. The number of nitrogens with one attached hydrogen (secondary N) is 1. The van der Waals surface area contributed by atoms with Crippen molar-refractivity contribution in [2.75, 3.05) is 31.3 Å². The van der Waals surface area contributed by atoms with Crippen molar-refractivity contribution in [3.63, 3.8) is 0 Å². The first-order valence-corrected chi connectivity index (χ1v) is 16.7. The molecule has 1 saturated heterocycles. The largest absolute Gasteiger partial charge is 0.458 e. The number of hydrogen-bond acceptors (Lipinski definition) is 13. The topological polar surface area (TPSA) is 207 Å². The minimum atomic E-state index is -4.01. The van der Waals surface area contributed by atoms with Crippen molar-refractivity contribution in [2.45, 2.75) is 65.1 Å². The average molecular weight is 656 g/mol. The fourth-order valence-electron chi connectivity index (χ4n) is 3.93. The van der Waals surface area contributed by atoms with Crippen molar-refractivity contribution in [2.24, 2.45) is 17.1 Å². The lowest BCUT2D eigenvalue weighted by Crippen LogP contribution is -2.41. The predicted molar refractivity (Wildman–Crippen MR) is 165 cm³/mol. The second kappa shape index (κ2) is 16.1. The Kier molecular flexibility index (Phi) is 13.1. The molecular weight excluding hydrogens is 613 g/mol. The summed E-state index contributed by atoms with van der Waals surface area (Å²) in [4.78, 5) is 41.3. The number of aromatic nitrogens is 2. The van der Waals surface area contributed by atoms with E-state index in [1.165, 1.54) is 16.8 Å². The first-order chi connectivity index (χ1) is 20.7. The number of rotatable bonds is 16. The van der Waals surface area contributed by atoms with Crippen molar-refractivity contribution in [3.8, 4) is 0 Å². The Labute approximate surface area is 260 Å². The van der Waals surface area contributed by atoms with Crippen LogP contribution in [0.1, 0.15) is 45.9 Å². The third kappa shape index (κ3) is 10.2. The third-order valence-corrected chi connectivity index (χ3v) is 9.60. The van der Waals surface area contributed by atoms with E-state index in [0.717, 1.165) is 17.3 Å². The van der Waals surface area contributed by atoms with Crippen LogP contribution in [0.3, 0.4) is 0 Å². The van der Waals surface area contributed by atoms with Crippen LogP contribution >= 0.6 is 19.5 Å². The van der Waals surface area contributed by atoms with Crippen molar-refractivity contribution in [1.29, 1.82) is 0 Å². The van der Waals surface area contributed by atoms with Gasteiger partial charge in [-0.1, -0.05) is 55.9 Å². The maximum absolute atomic E-state index is 13.9. The van der Waals surface area contributed by atoms with Gasteiger partial charge in [0, 0.05) is 24.9 Å². The number of aliphatic hydroxyl groups is 1. The number of anilines is 1. The van der Waals surface area contributed by atoms with E-state index in [-0.39, 0.29) is 55.4 Å².